The Bertz CT molecular complexity index is 353. The lowest BCUT2D eigenvalue weighted by atomic mass is 10.2. The third-order valence-corrected chi connectivity index (χ3v) is 2.31. The van der Waals surface area contributed by atoms with E-state index in [1.165, 1.54) is 12.1 Å². The van der Waals surface area contributed by atoms with Crippen LogP contribution < -0.4 is 4.90 Å². The Balaban J connectivity index is 2.46. The summed E-state index contributed by atoms with van der Waals surface area (Å²) < 4.78 is 5.14. The van der Waals surface area contributed by atoms with Crippen LogP contribution in [0, 0.1) is 10.1 Å². The number of likely N-dealkylation sites (N-methyl/N-ethyl adjacent to an activating group) is 1. The minimum absolute atomic E-state index is 0.0151. The third-order valence-electron chi connectivity index (χ3n) is 2.31. The molecule has 0 saturated carbocycles. The minimum atomic E-state index is -0.422. The molecule has 0 aliphatic rings. The first-order chi connectivity index (χ1) is 8.15. The van der Waals surface area contributed by atoms with E-state index in [4.69, 9.17) is 9.84 Å². The van der Waals surface area contributed by atoms with E-state index < -0.39 is 4.92 Å². The second-order valence-corrected chi connectivity index (χ2v) is 3.53. The molecule has 0 unspecified atom stereocenters. The van der Waals surface area contributed by atoms with Gasteiger partial charge in [-0.05, 0) is 12.1 Å². The summed E-state index contributed by atoms with van der Waals surface area (Å²) in [7, 11) is 1.88. The van der Waals surface area contributed by atoms with Crippen molar-refractivity contribution in [3.05, 3.63) is 34.4 Å². The molecular formula is C11H16N2O4. The molecule has 1 rings (SSSR count). The first-order valence-corrected chi connectivity index (χ1v) is 5.29. The summed E-state index contributed by atoms with van der Waals surface area (Å²) in [6.07, 6.45) is 0. The molecule has 0 fully saturated rings. The van der Waals surface area contributed by atoms with Crippen molar-refractivity contribution in [2.45, 2.75) is 0 Å². The third kappa shape index (κ3) is 4.38. The summed E-state index contributed by atoms with van der Waals surface area (Å²) in [6, 6.07) is 6.34. The van der Waals surface area contributed by atoms with Crippen molar-refractivity contribution >= 4 is 11.4 Å². The Morgan fingerprint density at radius 2 is 2.00 bits per heavy atom. The number of nitrogens with zero attached hydrogens (tertiary/aromatic N) is 2. The van der Waals surface area contributed by atoms with Crippen molar-refractivity contribution in [3.8, 4) is 0 Å². The van der Waals surface area contributed by atoms with Gasteiger partial charge in [-0.2, -0.15) is 0 Å². The van der Waals surface area contributed by atoms with Crippen LogP contribution >= 0.6 is 0 Å². The van der Waals surface area contributed by atoms with Crippen LogP contribution in [0.1, 0.15) is 0 Å². The highest BCUT2D eigenvalue weighted by molar-refractivity contribution is 5.50. The molecule has 1 aromatic carbocycles. The molecule has 6 heteroatoms. The zero-order valence-electron chi connectivity index (χ0n) is 9.70. The Kier molecular flexibility index (Phi) is 5.38. The molecule has 0 radical (unpaired) electrons. The van der Waals surface area contributed by atoms with Crippen molar-refractivity contribution in [1.29, 1.82) is 0 Å². The minimum Gasteiger partial charge on any atom is -0.394 e. The van der Waals surface area contributed by atoms with Crippen molar-refractivity contribution < 1.29 is 14.8 Å². The zero-order valence-corrected chi connectivity index (χ0v) is 9.70. The molecule has 6 nitrogen and oxygen atoms in total. The van der Waals surface area contributed by atoms with Gasteiger partial charge < -0.3 is 14.7 Å². The van der Waals surface area contributed by atoms with E-state index in [0.717, 1.165) is 5.69 Å². The lowest BCUT2D eigenvalue weighted by Crippen LogP contribution is -2.23. The predicted octanol–water partition coefficient (Wildman–Crippen LogP) is 1.04. The van der Waals surface area contributed by atoms with Gasteiger partial charge in [0.25, 0.3) is 5.69 Å². The normalized spacial score (nSPS) is 10.2. The van der Waals surface area contributed by atoms with Gasteiger partial charge in [-0.15, -0.1) is 0 Å². The number of non-ortho nitro benzene ring substituents is 1. The molecule has 0 saturated heterocycles. The van der Waals surface area contributed by atoms with Gasteiger partial charge in [-0.1, -0.05) is 0 Å². The van der Waals surface area contributed by atoms with E-state index in [-0.39, 0.29) is 12.3 Å². The van der Waals surface area contributed by atoms with Crippen LogP contribution in [0.3, 0.4) is 0 Å². The molecule has 1 aromatic rings. The quantitative estimate of drug-likeness (QED) is 0.438. The average Bonchev–Trinajstić information content (AvgIpc) is 2.34. The van der Waals surface area contributed by atoms with Gasteiger partial charge in [-0.25, -0.2) is 0 Å². The number of hydrogen-bond donors (Lipinski definition) is 1. The number of rotatable bonds is 7. The summed E-state index contributed by atoms with van der Waals surface area (Å²) in [4.78, 5) is 12.0. The van der Waals surface area contributed by atoms with E-state index in [1.807, 2.05) is 11.9 Å². The van der Waals surface area contributed by atoms with Gasteiger partial charge in [0.1, 0.15) is 0 Å². The molecule has 0 aliphatic carbocycles. The standard InChI is InChI=1S/C11H16N2O4/c1-12(6-8-17-9-7-14)10-2-4-11(5-3-10)13(15)16/h2-5,14H,6-9H2,1H3. The van der Waals surface area contributed by atoms with Crippen LogP contribution in [0.25, 0.3) is 0 Å². The highest BCUT2D eigenvalue weighted by Gasteiger charge is 2.06. The number of aliphatic hydroxyl groups excluding tert-OH is 1. The second kappa shape index (κ2) is 6.82. The molecule has 0 spiro atoms. The van der Waals surface area contributed by atoms with Gasteiger partial charge in [0.05, 0.1) is 24.7 Å². The van der Waals surface area contributed by atoms with Crippen molar-refractivity contribution in [1.82, 2.24) is 0 Å². The topological polar surface area (TPSA) is 75.8 Å². The highest BCUT2D eigenvalue weighted by atomic mass is 16.6. The van der Waals surface area contributed by atoms with Gasteiger partial charge in [0, 0.05) is 31.4 Å². The van der Waals surface area contributed by atoms with E-state index in [2.05, 4.69) is 0 Å². The molecule has 17 heavy (non-hydrogen) atoms. The predicted molar refractivity (Wildman–Crippen MR) is 64.3 cm³/mol. The average molecular weight is 240 g/mol. The first-order valence-electron chi connectivity index (χ1n) is 5.29. The smallest absolute Gasteiger partial charge is 0.269 e. The number of nitro benzene ring substituents is 1. The summed E-state index contributed by atoms with van der Waals surface area (Å²) in [6.45, 7) is 1.52. The van der Waals surface area contributed by atoms with Crippen LogP contribution in [0.5, 0.6) is 0 Å². The summed E-state index contributed by atoms with van der Waals surface area (Å²) in [5.41, 5.74) is 0.974. The van der Waals surface area contributed by atoms with Gasteiger partial charge in [0.15, 0.2) is 0 Å². The largest absolute Gasteiger partial charge is 0.394 e. The van der Waals surface area contributed by atoms with E-state index in [9.17, 15) is 10.1 Å². The summed E-state index contributed by atoms with van der Waals surface area (Å²) >= 11 is 0. The lowest BCUT2D eigenvalue weighted by molar-refractivity contribution is -0.384. The molecule has 0 aromatic heterocycles. The SMILES string of the molecule is CN(CCOCCO)c1ccc([N+](=O)[O-])cc1. The van der Waals surface area contributed by atoms with Crippen molar-refractivity contribution in [2.75, 3.05) is 38.3 Å². The van der Waals surface area contributed by atoms with E-state index in [1.54, 1.807) is 12.1 Å². The number of anilines is 1. The fourth-order valence-corrected chi connectivity index (χ4v) is 1.33. The molecule has 0 amide bonds. The molecule has 0 aliphatic heterocycles. The molecule has 1 N–H and O–H groups in total. The fraction of sp³-hybridized carbons (Fsp3) is 0.455. The Labute approximate surface area is 99.6 Å². The Hall–Kier alpha value is -1.66. The molecule has 0 bridgehead atoms. The Morgan fingerprint density at radius 1 is 1.35 bits per heavy atom. The maximum Gasteiger partial charge on any atom is 0.269 e. The van der Waals surface area contributed by atoms with Crippen LogP contribution in [0.4, 0.5) is 11.4 Å². The number of benzene rings is 1. The fourth-order valence-electron chi connectivity index (χ4n) is 1.33. The number of ether oxygens (including phenoxy) is 1. The van der Waals surface area contributed by atoms with Crippen LogP contribution in [-0.4, -0.2) is 43.4 Å². The van der Waals surface area contributed by atoms with Crippen LogP contribution in [-0.2, 0) is 4.74 Å². The molecular weight excluding hydrogens is 224 g/mol. The van der Waals surface area contributed by atoms with Crippen LogP contribution in [0.2, 0.25) is 0 Å². The Morgan fingerprint density at radius 3 is 2.53 bits per heavy atom. The van der Waals surface area contributed by atoms with E-state index >= 15 is 0 Å². The monoisotopic (exact) mass is 240 g/mol. The van der Waals surface area contributed by atoms with Crippen molar-refractivity contribution in [3.63, 3.8) is 0 Å². The van der Waals surface area contributed by atoms with Crippen molar-refractivity contribution in [2.24, 2.45) is 0 Å². The molecule has 0 atom stereocenters. The molecule has 0 heterocycles. The number of aliphatic hydroxyl groups is 1. The highest BCUT2D eigenvalue weighted by Crippen LogP contribution is 2.17. The van der Waals surface area contributed by atoms with Gasteiger partial charge in [-0.3, -0.25) is 10.1 Å². The summed E-state index contributed by atoms with van der Waals surface area (Å²) in [5.74, 6) is 0. The van der Waals surface area contributed by atoms with Gasteiger partial charge >= 0.3 is 0 Å². The first kappa shape index (κ1) is 13.4. The maximum absolute atomic E-state index is 10.5. The molecule has 94 valence electrons. The second-order valence-electron chi connectivity index (χ2n) is 3.53. The van der Waals surface area contributed by atoms with Gasteiger partial charge in [0.2, 0.25) is 0 Å². The zero-order chi connectivity index (χ0) is 12.7. The lowest BCUT2D eigenvalue weighted by Gasteiger charge is -2.18. The van der Waals surface area contributed by atoms with E-state index in [0.29, 0.717) is 19.8 Å². The summed E-state index contributed by atoms with van der Waals surface area (Å²) in [5, 5.41) is 19.0. The number of nitro groups is 1. The maximum atomic E-state index is 10.5. The van der Waals surface area contributed by atoms with Crippen LogP contribution in [0.15, 0.2) is 24.3 Å². The number of hydrogen-bond acceptors (Lipinski definition) is 5.